The number of halogens is 1. The van der Waals surface area contributed by atoms with Crippen molar-refractivity contribution >= 4 is 37.7 Å². The number of hydrogen-bond donors (Lipinski definition) is 3. The Hall–Kier alpha value is -1.19. The first-order valence-corrected chi connectivity index (χ1v) is 8.28. The van der Waals surface area contributed by atoms with Gasteiger partial charge in [0.25, 0.3) is 0 Å². The van der Waals surface area contributed by atoms with Gasteiger partial charge in [-0.1, -0.05) is 0 Å². The van der Waals surface area contributed by atoms with E-state index in [9.17, 15) is 13.2 Å². The van der Waals surface area contributed by atoms with E-state index in [0.29, 0.717) is 11.0 Å². The van der Waals surface area contributed by atoms with E-state index in [1.54, 1.807) is 0 Å². The van der Waals surface area contributed by atoms with Crippen LogP contribution >= 0.6 is 15.9 Å². The molecule has 0 unspecified atom stereocenters. The fraction of sp³-hybridized carbons (Fsp3) is 0.455. The molecular weight excluding hydrogens is 348 g/mol. The lowest BCUT2D eigenvalue weighted by atomic mass is 10.4. The topological polar surface area (TPSA) is 100 Å². The Labute approximate surface area is 126 Å². The van der Waals surface area contributed by atoms with Crippen LogP contribution in [0.5, 0.6) is 0 Å². The van der Waals surface area contributed by atoms with E-state index in [-0.39, 0.29) is 29.6 Å². The molecule has 112 valence electrons. The summed E-state index contributed by atoms with van der Waals surface area (Å²) in [7, 11) is -2.23. The lowest BCUT2D eigenvalue weighted by Crippen LogP contribution is -2.30. The number of rotatable bonds is 7. The monoisotopic (exact) mass is 364 g/mol. The third-order valence-corrected chi connectivity index (χ3v) is 4.28. The third kappa shape index (κ3) is 4.73. The second-order valence-electron chi connectivity index (χ2n) is 3.85. The van der Waals surface area contributed by atoms with E-state index < -0.39 is 10.0 Å². The van der Waals surface area contributed by atoms with Gasteiger partial charge in [0.1, 0.15) is 10.7 Å². The van der Waals surface area contributed by atoms with Gasteiger partial charge in [-0.05, 0) is 28.9 Å². The molecule has 3 N–H and O–H groups in total. The SMILES string of the molecule is CCNc1ncc(Br)cc1S(=O)(=O)NCCC(=O)NC. The summed E-state index contributed by atoms with van der Waals surface area (Å²) in [6, 6.07) is 1.47. The van der Waals surface area contributed by atoms with E-state index >= 15 is 0 Å². The smallest absolute Gasteiger partial charge is 0.244 e. The molecule has 1 aromatic rings. The predicted molar refractivity (Wildman–Crippen MR) is 80.0 cm³/mol. The summed E-state index contributed by atoms with van der Waals surface area (Å²) in [5.41, 5.74) is 0. The molecule has 0 aliphatic carbocycles. The van der Waals surface area contributed by atoms with Crippen molar-refractivity contribution in [3.63, 3.8) is 0 Å². The third-order valence-electron chi connectivity index (χ3n) is 2.38. The summed E-state index contributed by atoms with van der Waals surface area (Å²) in [4.78, 5) is 15.2. The van der Waals surface area contributed by atoms with Crippen LogP contribution in [0.1, 0.15) is 13.3 Å². The van der Waals surface area contributed by atoms with Crippen LogP contribution in [0.2, 0.25) is 0 Å². The first-order valence-electron chi connectivity index (χ1n) is 6.00. The maximum absolute atomic E-state index is 12.2. The number of nitrogens with zero attached hydrogens (tertiary/aromatic N) is 1. The van der Waals surface area contributed by atoms with Crippen molar-refractivity contribution in [3.05, 3.63) is 16.7 Å². The van der Waals surface area contributed by atoms with Gasteiger partial charge < -0.3 is 10.6 Å². The van der Waals surface area contributed by atoms with E-state index in [1.807, 2.05) is 6.92 Å². The number of anilines is 1. The van der Waals surface area contributed by atoms with Crippen LogP contribution in [0.25, 0.3) is 0 Å². The van der Waals surface area contributed by atoms with Gasteiger partial charge >= 0.3 is 0 Å². The normalized spacial score (nSPS) is 11.2. The van der Waals surface area contributed by atoms with Gasteiger partial charge in [-0.25, -0.2) is 18.1 Å². The molecule has 0 radical (unpaired) electrons. The average Bonchev–Trinajstić information content (AvgIpc) is 2.40. The van der Waals surface area contributed by atoms with Gasteiger partial charge in [-0.2, -0.15) is 0 Å². The van der Waals surface area contributed by atoms with Gasteiger partial charge in [0.05, 0.1) is 0 Å². The predicted octanol–water partition coefficient (Wildman–Crippen LogP) is 0.690. The second kappa shape index (κ2) is 7.55. The minimum Gasteiger partial charge on any atom is -0.369 e. The number of sulfonamides is 1. The van der Waals surface area contributed by atoms with Crippen LogP contribution in [0.15, 0.2) is 21.6 Å². The molecule has 0 aromatic carbocycles. The highest BCUT2D eigenvalue weighted by Gasteiger charge is 2.20. The van der Waals surface area contributed by atoms with Gasteiger partial charge in [0.2, 0.25) is 15.9 Å². The molecule has 0 fully saturated rings. The highest BCUT2D eigenvalue weighted by Crippen LogP contribution is 2.22. The molecular formula is C11H17BrN4O3S. The largest absolute Gasteiger partial charge is 0.369 e. The molecule has 9 heteroatoms. The number of amides is 1. The Kier molecular flexibility index (Phi) is 6.37. The maximum Gasteiger partial charge on any atom is 0.244 e. The fourth-order valence-corrected chi connectivity index (χ4v) is 3.10. The summed E-state index contributed by atoms with van der Waals surface area (Å²) < 4.78 is 27.4. The van der Waals surface area contributed by atoms with Crippen molar-refractivity contribution in [2.75, 3.05) is 25.5 Å². The van der Waals surface area contributed by atoms with Crippen LogP contribution < -0.4 is 15.4 Å². The zero-order valence-corrected chi connectivity index (χ0v) is 13.6. The summed E-state index contributed by atoms with van der Waals surface area (Å²) in [5.74, 6) is 0.0510. The highest BCUT2D eigenvalue weighted by molar-refractivity contribution is 9.10. The summed E-state index contributed by atoms with van der Waals surface area (Å²) >= 11 is 3.20. The zero-order valence-electron chi connectivity index (χ0n) is 11.2. The van der Waals surface area contributed by atoms with Crippen molar-refractivity contribution in [1.29, 1.82) is 0 Å². The number of nitrogens with one attached hydrogen (secondary N) is 3. The van der Waals surface area contributed by atoms with Crippen LogP contribution in [0, 0.1) is 0 Å². The van der Waals surface area contributed by atoms with Crippen molar-refractivity contribution in [1.82, 2.24) is 15.0 Å². The number of carbonyl (C=O) groups excluding carboxylic acids is 1. The Morgan fingerprint density at radius 2 is 2.15 bits per heavy atom. The van der Waals surface area contributed by atoms with Crippen molar-refractivity contribution in [2.24, 2.45) is 0 Å². The fourth-order valence-electron chi connectivity index (χ4n) is 1.43. The Bertz CT molecular complexity index is 577. The second-order valence-corrected chi connectivity index (χ2v) is 6.50. The number of aromatic nitrogens is 1. The molecule has 0 bridgehead atoms. The van der Waals surface area contributed by atoms with Crippen LogP contribution in [-0.4, -0.2) is 39.4 Å². The summed E-state index contributed by atoms with van der Waals surface area (Å²) in [5, 5.41) is 5.32. The van der Waals surface area contributed by atoms with E-state index in [2.05, 4.69) is 36.3 Å². The molecule has 1 heterocycles. The van der Waals surface area contributed by atoms with Gasteiger partial charge in [0.15, 0.2) is 0 Å². The van der Waals surface area contributed by atoms with Crippen molar-refractivity contribution < 1.29 is 13.2 Å². The average molecular weight is 365 g/mol. The van der Waals surface area contributed by atoms with Gasteiger partial charge in [-0.15, -0.1) is 0 Å². The van der Waals surface area contributed by atoms with E-state index in [0.717, 1.165) is 0 Å². The Balaban J connectivity index is 2.91. The molecule has 0 saturated carbocycles. The molecule has 0 saturated heterocycles. The number of pyridine rings is 1. The molecule has 1 rings (SSSR count). The molecule has 1 amide bonds. The molecule has 0 spiro atoms. The van der Waals surface area contributed by atoms with Crippen LogP contribution in [0.3, 0.4) is 0 Å². The summed E-state index contributed by atoms with van der Waals surface area (Å²) in [6.45, 7) is 2.43. The van der Waals surface area contributed by atoms with Gasteiger partial charge in [-0.3, -0.25) is 4.79 Å². The number of hydrogen-bond acceptors (Lipinski definition) is 5. The summed E-state index contributed by atoms with van der Waals surface area (Å²) in [6.07, 6.45) is 1.59. The molecule has 20 heavy (non-hydrogen) atoms. The van der Waals surface area contributed by atoms with E-state index in [4.69, 9.17) is 0 Å². The molecule has 0 aliphatic rings. The van der Waals surface area contributed by atoms with Gasteiger partial charge in [0, 0.05) is 37.2 Å². The lowest BCUT2D eigenvalue weighted by molar-refractivity contribution is -0.120. The zero-order chi connectivity index (χ0) is 15.2. The Morgan fingerprint density at radius 3 is 2.75 bits per heavy atom. The maximum atomic E-state index is 12.2. The molecule has 1 aromatic heterocycles. The standard InChI is InChI=1S/C11H17BrN4O3S/c1-3-14-11-9(6-8(12)7-15-11)20(18,19)16-5-4-10(17)13-2/h6-7,16H,3-5H2,1-2H3,(H,13,17)(H,14,15). The molecule has 7 nitrogen and oxygen atoms in total. The molecule has 0 atom stereocenters. The minimum atomic E-state index is -3.72. The minimum absolute atomic E-state index is 0.0279. The van der Waals surface area contributed by atoms with E-state index in [1.165, 1.54) is 19.3 Å². The quantitative estimate of drug-likeness (QED) is 0.660. The van der Waals surface area contributed by atoms with Crippen LogP contribution in [-0.2, 0) is 14.8 Å². The Morgan fingerprint density at radius 1 is 1.45 bits per heavy atom. The first kappa shape index (κ1) is 16.9. The number of carbonyl (C=O) groups is 1. The van der Waals surface area contributed by atoms with Crippen LogP contribution in [0.4, 0.5) is 5.82 Å². The molecule has 0 aliphatic heterocycles. The van der Waals surface area contributed by atoms with Crippen molar-refractivity contribution in [2.45, 2.75) is 18.2 Å². The highest BCUT2D eigenvalue weighted by atomic mass is 79.9. The first-order chi connectivity index (χ1) is 9.40. The van der Waals surface area contributed by atoms with Crippen molar-refractivity contribution in [3.8, 4) is 0 Å². The lowest BCUT2D eigenvalue weighted by Gasteiger charge is -2.11.